The van der Waals surface area contributed by atoms with Gasteiger partial charge in [-0.3, -0.25) is 4.79 Å². The molecule has 3 aromatic rings. The molecule has 0 unspecified atom stereocenters. The van der Waals surface area contributed by atoms with Crippen molar-refractivity contribution in [2.24, 2.45) is 23.2 Å². The number of nitrogens with one attached hydrogen (secondary N) is 3. The lowest BCUT2D eigenvalue weighted by atomic mass is 9.49. The Labute approximate surface area is 207 Å². The average molecular weight is 472 g/mol. The van der Waals surface area contributed by atoms with Crippen LogP contribution in [0, 0.1) is 36.6 Å². The van der Waals surface area contributed by atoms with Crippen molar-refractivity contribution in [1.29, 1.82) is 0 Å². The van der Waals surface area contributed by atoms with Gasteiger partial charge in [0, 0.05) is 24.9 Å². The molecule has 6 heteroatoms. The lowest BCUT2D eigenvalue weighted by molar-refractivity contribution is -0.124. The fourth-order valence-electron chi connectivity index (χ4n) is 7.37. The van der Waals surface area contributed by atoms with Crippen molar-refractivity contribution < 1.29 is 9.21 Å². The van der Waals surface area contributed by atoms with Gasteiger partial charge in [0.05, 0.1) is 17.7 Å². The fourth-order valence-corrected chi connectivity index (χ4v) is 7.37. The van der Waals surface area contributed by atoms with Crippen LogP contribution in [0.2, 0.25) is 0 Å². The Kier molecular flexibility index (Phi) is 6.01. The first-order valence-corrected chi connectivity index (χ1v) is 13.1. The second-order valence-electron chi connectivity index (χ2n) is 11.2. The van der Waals surface area contributed by atoms with Gasteiger partial charge in [-0.25, -0.2) is 4.98 Å². The van der Waals surface area contributed by atoms with Crippen molar-refractivity contribution in [2.75, 3.05) is 23.7 Å². The predicted molar refractivity (Wildman–Crippen MR) is 139 cm³/mol. The maximum Gasteiger partial charge on any atom is 0.224 e. The van der Waals surface area contributed by atoms with Gasteiger partial charge in [-0.2, -0.15) is 0 Å². The lowest BCUT2D eigenvalue weighted by Gasteiger charge is -2.56. The Morgan fingerprint density at radius 1 is 1.03 bits per heavy atom. The molecular formula is C29H35N4O2. The summed E-state index contributed by atoms with van der Waals surface area (Å²) in [7, 11) is 0. The molecule has 4 aliphatic rings. The summed E-state index contributed by atoms with van der Waals surface area (Å²) in [6, 6.07) is 13.9. The molecule has 0 atom stereocenters. The van der Waals surface area contributed by atoms with Crippen LogP contribution in [-0.2, 0) is 4.79 Å². The van der Waals surface area contributed by atoms with Crippen molar-refractivity contribution in [3.8, 4) is 0 Å². The minimum atomic E-state index is 0.163. The van der Waals surface area contributed by atoms with Crippen molar-refractivity contribution in [3.63, 3.8) is 0 Å². The Morgan fingerprint density at radius 2 is 1.80 bits per heavy atom. The number of nitrogens with zero attached hydrogens (tertiary/aromatic N) is 1. The van der Waals surface area contributed by atoms with E-state index in [0.29, 0.717) is 6.42 Å². The van der Waals surface area contributed by atoms with Crippen LogP contribution < -0.4 is 16.0 Å². The highest BCUT2D eigenvalue weighted by atomic mass is 16.3. The first-order chi connectivity index (χ1) is 17.0. The van der Waals surface area contributed by atoms with Crippen LogP contribution in [0.5, 0.6) is 0 Å². The minimum absolute atomic E-state index is 0.163. The molecule has 2 heterocycles. The standard InChI is InChI=1S/C29H35N4O2/c1-19-5-6-23(35-19)18-30-9-10-31-27-8-7-24-25(32-27)3-2-4-26(24)33-28(34)17-29-14-20-11-21(15-29)13-22(12-20)16-29/h2-8,18,20-22,30H,9-17H2,1H3,(H,31,32)(H,33,34). The summed E-state index contributed by atoms with van der Waals surface area (Å²) in [5, 5.41) is 10.8. The number of rotatable bonds is 9. The number of aromatic nitrogens is 1. The molecule has 1 amide bonds. The molecule has 0 aliphatic heterocycles. The molecule has 4 bridgehead atoms. The molecule has 0 spiro atoms. The van der Waals surface area contributed by atoms with E-state index in [9.17, 15) is 4.79 Å². The number of hydrogen-bond donors (Lipinski definition) is 3. The van der Waals surface area contributed by atoms with Gasteiger partial charge in [-0.05, 0) is 105 Å². The smallest absolute Gasteiger partial charge is 0.224 e. The van der Waals surface area contributed by atoms with Crippen LogP contribution in [0.3, 0.4) is 0 Å². The SMILES string of the molecule is Cc1ccc([CH]NCCNc2ccc3c(NC(=O)CC45CC6CC(CC(C6)C4)C5)cccc3n2)o1. The number of pyridine rings is 1. The molecular weight excluding hydrogens is 436 g/mol. The molecule has 183 valence electrons. The van der Waals surface area contributed by atoms with Gasteiger partial charge in [-0.1, -0.05) is 6.07 Å². The maximum absolute atomic E-state index is 13.2. The van der Waals surface area contributed by atoms with E-state index < -0.39 is 0 Å². The zero-order valence-corrected chi connectivity index (χ0v) is 20.5. The molecule has 4 aliphatic carbocycles. The molecule has 1 radical (unpaired) electrons. The third-order valence-corrected chi connectivity index (χ3v) is 8.29. The first kappa shape index (κ1) is 22.6. The monoisotopic (exact) mass is 471 g/mol. The normalized spacial score (nSPS) is 26.8. The number of hydrogen-bond acceptors (Lipinski definition) is 5. The molecule has 6 nitrogen and oxygen atoms in total. The molecule has 4 saturated carbocycles. The molecule has 3 N–H and O–H groups in total. The van der Waals surface area contributed by atoms with Crippen LogP contribution in [-0.4, -0.2) is 24.0 Å². The van der Waals surface area contributed by atoms with Crippen LogP contribution in [0.25, 0.3) is 10.9 Å². The van der Waals surface area contributed by atoms with Gasteiger partial charge in [0.15, 0.2) is 0 Å². The molecule has 2 aromatic heterocycles. The number of benzene rings is 1. The summed E-state index contributed by atoms with van der Waals surface area (Å²) in [6.45, 7) is 5.29. The zero-order valence-electron chi connectivity index (χ0n) is 20.5. The summed E-state index contributed by atoms with van der Waals surface area (Å²) in [4.78, 5) is 17.9. The van der Waals surface area contributed by atoms with E-state index in [1.807, 2.05) is 49.9 Å². The van der Waals surface area contributed by atoms with Crippen molar-refractivity contribution in [3.05, 3.63) is 60.5 Å². The van der Waals surface area contributed by atoms with Gasteiger partial charge in [0.25, 0.3) is 0 Å². The van der Waals surface area contributed by atoms with E-state index in [-0.39, 0.29) is 11.3 Å². The summed E-state index contributed by atoms with van der Waals surface area (Å²) in [5.74, 6) is 5.31. The number of carbonyl (C=O) groups is 1. The van der Waals surface area contributed by atoms with Crippen molar-refractivity contribution >= 4 is 28.3 Å². The molecule has 1 aromatic carbocycles. The van der Waals surface area contributed by atoms with Gasteiger partial charge < -0.3 is 20.4 Å². The highest BCUT2D eigenvalue weighted by molar-refractivity contribution is 6.01. The van der Waals surface area contributed by atoms with E-state index in [4.69, 9.17) is 9.40 Å². The van der Waals surface area contributed by atoms with Gasteiger partial charge >= 0.3 is 0 Å². The summed E-state index contributed by atoms with van der Waals surface area (Å²) in [6.07, 6.45) is 8.66. The van der Waals surface area contributed by atoms with E-state index >= 15 is 0 Å². The highest BCUT2D eigenvalue weighted by Gasteiger charge is 2.51. The van der Waals surface area contributed by atoms with E-state index in [1.165, 1.54) is 38.5 Å². The number of amides is 1. The minimum Gasteiger partial charge on any atom is -0.465 e. The van der Waals surface area contributed by atoms with Crippen LogP contribution in [0.1, 0.15) is 56.5 Å². The Morgan fingerprint density at radius 3 is 2.51 bits per heavy atom. The van der Waals surface area contributed by atoms with Gasteiger partial charge in [-0.15, -0.1) is 0 Å². The Balaban J connectivity index is 1.05. The lowest BCUT2D eigenvalue weighted by Crippen LogP contribution is -2.47. The Bertz CT molecular complexity index is 1180. The second kappa shape index (κ2) is 9.30. The molecule has 35 heavy (non-hydrogen) atoms. The summed E-state index contributed by atoms with van der Waals surface area (Å²) in [5.41, 5.74) is 1.99. The van der Waals surface area contributed by atoms with Gasteiger partial charge in [0.2, 0.25) is 5.91 Å². The van der Waals surface area contributed by atoms with E-state index in [0.717, 1.165) is 64.8 Å². The average Bonchev–Trinajstić information content (AvgIpc) is 3.22. The first-order valence-electron chi connectivity index (χ1n) is 13.1. The number of fused-ring (bicyclic) bond motifs is 1. The third kappa shape index (κ3) is 4.94. The van der Waals surface area contributed by atoms with Crippen molar-refractivity contribution in [2.45, 2.75) is 51.9 Å². The van der Waals surface area contributed by atoms with Crippen LogP contribution >= 0.6 is 0 Å². The number of anilines is 2. The topological polar surface area (TPSA) is 79.2 Å². The van der Waals surface area contributed by atoms with Crippen molar-refractivity contribution in [1.82, 2.24) is 10.3 Å². The van der Waals surface area contributed by atoms with E-state index in [2.05, 4.69) is 22.0 Å². The second-order valence-corrected chi connectivity index (χ2v) is 11.2. The maximum atomic E-state index is 13.2. The number of aryl methyl sites for hydroxylation is 1. The zero-order chi connectivity index (χ0) is 23.8. The van der Waals surface area contributed by atoms with Crippen LogP contribution in [0.15, 0.2) is 46.9 Å². The molecule has 0 saturated heterocycles. The largest absolute Gasteiger partial charge is 0.465 e. The predicted octanol–water partition coefficient (Wildman–Crippen LogP) is 5.89. The quantitative estimate of drug-likeness (QED) is 0.339. The fraction of sp³-hybridized carbons (Fsp3) is 0.483. The van der Waals surface area contributed by atoms with Gasteiger partial charge in [0.1, 0.15) is 17.3 Å². The third-order valence-electron chi connectivity index (χ3n) is 8.29. The van der Waals surface area contributed by atoms with Crippen LogP contribution in [0.4, 0.5) is 11.5 Å². The summed E-state index contributed by atoms with van der Waals surface area (Å²) >= 11 is 0. The number of furan rings is 1. The Hall–Kier alpha value is -2.86. The highest BCUT2D eigenvalue weighted by Crippen LogP contribution is 2.61. The summed E-state index contributed by atoms with van der Waals surface area (Å²) < 4.78 is 5.52. The number of carbonyl (C=O) groups excluding carboxylic acids is 1. The molecule has 4 fully saturated rings. The molecule has 7 rings (SSSR count). The van der Waals surface area contributed by atoms with E-state index in [1.54, 1.807) is 0 Å².